The molecule has 0 aliphatic heterocycles. The molecule has 0 bridgehead atoms. The van der Waals surface area contributed by atoms with Crippen molar-refractivity contribution in [1.82, 2.24) is 9.97 Å². The second-order valence-corrected chi connectivity index (χ2v) is 5.05. The monoisotopic (exact) mass is 325 g/mol. The number of nitrogens with zero attached hydrogens (tertiary/aromatic N) is 2. The third-order valence-electron chi connectivity index (χ3n) is 3.33. The fraction of sp³-hybridized carbons (Fsp3) is 0.111. The van der Waals surface area contributed by atoms with Gasteiger partial charge in [0.25, 0.3) is 0 Å². The molecule has 3 aromatic rings. The van der Waals surface area contributed by atoms with Crippen molar-refractivity contribution < 1.29 is 14.2 Å². The van der Waals surface area contributed by atoms with Crippen LogP contribution in [-0.2, 0) is 13.2 Å². The maximum atomic E-state index is 13.0. The quantitative estimate of drug-likeness (QED) is 0.726. The molecule has 3 rings (SSSR count). The smallest absolute Gasteiger partial charge is 0.223 e. The Balaban J connectivity index is 1.72. The molecule has 0 saturated carbocycles. The fourth-order valence-electron chi connectivity index (χ4n) is 2.12. The molecule has 0 radical (unpaired) electrons. The lowest BCUT2D eigenvalue weighted by molar-refractivity contribution is 0.277. The third-order valence-corrected chi connectivity index (χ3v) is 3.33. The molecule has 0 fully saturated rings. The van der Waals surface area contributed by atoms with Crippen molar-refractivity contribution in [2.75, 3.05) is 5.32 Å². The Morgan fingerprint density at radius 3 is 2.62 bits per heavy atom. The van der Waals surface area contributed by atoms with Crippen LogP contribution >= 0.6 is 0 Å². The van der Waals surface area contributed by atoms with Crippen molar-refractivity contribution >= 4 is 5.95 Å². The van der Waals surface area contributed by atoms with Gasteiger partial charge in [0.1, 0.15) is 17.3 Å². The van der Waals surface area contributed by atoms with Gasteiger partial charge in [-0.15, -0.1) is 0 Å². The van der Waals surface area contributed by atoms with Crippen molar-refractivity contribution in [2.24, 2.45) is 0 Å². The second-order valence-electron chi connectivity index (χ2n) is 5.05. The van der Waals surface area contributed by atoms with Crippen LogP contribution in [-0.4, -0.2) is 15.1 Å². The van der Waals surface area contributed by atoms with E-state index in [9.17, 15) is 4.39 Å². The number of ether oxygens (including phenoxy) is 1. The number of aromatic nitrogens is 2. The van der Waals surface area contributed by atoms with Gasteiger partial charge in [-0.05, 0) is 36.4 Å². The van der Waals surface area contributed by atoms with Crippen LogP contribution in [0.4, 0.5) is 10.3 Å². The van der Waals surface area contributed by atoms with Gasteiger partial charge in [-0.3, -0.25) is 0 Å². The normalized spacial score (nSPS) is 10.4. The lowest BCUT2D eigenvalue weighted by Crippen LogP contribution is -2.06. The van der Waals surface area contributed by atoms with Crippen LogP contribution in [0.3, 0.4) is 0 Å². The number of hydrogen-bond donors (Lipinski definition) is 2. The maximum Gasteiger partial charge on any atom is 0.223 e. The number of hydrogen-bond acceptors (Lipinski definition) is 5. The van der Waals surface area contributed by atoms with Crippen LogP contribution in [0.2, 0.25) is 0 Å². The second kappa shape index (κ2) is 7.52. The summed E-state index contributed by atoms with van der Waals surface area (Å²) in [6.45, 7) is 0.313. The zero-order valence-corrected chi connectivity index (χ0v) is 12.8. The average Bonchev–Trinajstić information content (AvgIpc) is 2.63. The summed E-state index contributed by atoms with van der Waals surface area (Å²) in [5, 5.41) is 12.2. The molecule has 1 heterocycles. The van der Waals surface area contributed by atoms with Crippen LogP contribution in [0.1, 0.15) is 11.3 Å². The Labute approximate surface area is 138 Å². The molecule has 0 atom stereocenters. The van der Waals surface area contributed by atoms with E-state index in [0.717, 1.165) is 5.56 Å². The molecule has 2 N–H and O–H groups in total. The van der Waals surface area contributed by atoms with Crippen LogP contribution in [0.25, 0.3) is 0 Å². The lowest BCUT2D eigenvalue weighted by Gasteiger charge is -2.12. The molecule has 0 saturated heterocycles. The van der Waals surface area contributed by atoms with Crippen LogP contribution in [0.5, 0.6) is 11.5 Å². The number of aliphatic hydroxyl groups is 1. The van der Waals surface area contributed by atoms with Gasteiger partial charge in [0, 0.05) is 18.3 Å². The first-order valence-corrected chi connectivity index (χ1v) is 7.42. The predicted molar refractivity (Wildman–Crippen MR) is 88.2 cm³/mol. The molecular weight excluding hydrogens is 309 g/mol. The highest BCUT2D eigenvalue weighted by atomic mass is 19.1. The SMILES string of the molecule is OCc1ccnc(NCc2ccccc2Oc2ccc(F)cc2)n1. The van der Waals surface area contributed by atoms with E-state index >= 15 is 0 Å². The molecule has 0 spiro atoms. The Morgan fingerprint density at radius 1 is 1.04 bits per heavy atom. The summed E-state index contributed by atoms with van der Waals surface area (Å²) in [7, 11) is 0. The van der Waals surface area contributed by atoms with Crippen LogP contribution in [0, 0.1) is 5.82 Å². The first kappa shape index (κ1) is 15.9. The van der Waals surface area contributed by atoms with E-state index in [4.69, 9.17) is 9.84 Å². The van der Waals surface area contributed by atoms with Crippen molar-refractivity contribution in [3.05, 3.63) is 77.9 Å². The standard InChI is InChI=1S/C18H16FN3O2/c19-14-5-7-16(8-6-14)24-17-4-2-1-3-13(17)11-21-18-20-10-9-15(12-23)22-18/h1-10,23H,11-12H2,(H,20,21,22). The zero-order valence-electron chi connectivity index (χ0n) is 12.8. The number of benzene rings is 2. The van der Waals surface area contributed by atoms with Gasteiger partial charge in [-0.2, -0.15) is 0 Å². The molecule has 2 aromatic carbocycles. The summed E-state index contributed by atoms with van der Waals surface area (Å²) >= 11 is 0. The van der Waals surface area contributed by atoms with E-state index in [0.29, 0.717) is 29.7 Å². The molecule has 0 unspecified atom stereocenters. The van der Waals surface area contributed by atoms with Gasteiger partial charge < -0.3 is 15.2 Å². The first-order valence-electron chi connectivity index (χ1n) is 7.42. The van der Waals surface area contributed by atoms with E-state index in [-0.39, 0.29) is 12.4 Å². The zero-order chi connectivity index (χ0) is 16.8. The average molecular weight is 325 g/mol. The molecular formula is C18H16FN3O2. The van der Waals surface area contributed by atoms with Gasteiger partial charge in [0.05, 0.1) is 12.3 Å². The van der Waals surface area contributed by atoms with E-state index < -0.39 is 0 Å². The number of rotatable bonds is 6. The summed E-state index contributed by atoms with van der Waals surface area (Å²) < 4.78 is 18.8. The Bertz CT molecular complexity index is 809. The highest BCUT2D eigenvalue weighted by Crippen LogP contribution is 2.25. The minimum atomic E-state index is -0.307. The summed E-state index contributed by atoms with van der Waals surface area (Å²) in [5.41, 5.74) is 1.45. The van der Waals surface area contributed by atoms with Crippen LogP contribution in [0.15, 0.2) is 60.8 Å². The molecule has 0 amide bonds. The fourth-order valence-corrected chi connectivity index (χ4v) is 2.12. The van der Waals surface area contributed by atoms with Gasteiger partial charge in [-0.25, -0.2) is 14.4 Å². The van der Waals surface area contributed by atoms with Crippen molar-refractivity contribution in [3.63, 3.8) is 0 Å². The molecule has 24 heavy (non-hydrogen) atoms. The largest absolute Gasteiger partial charge is 0.457 e. The highest BCUT2D eigenvalue weighted by molar-refractivity contribution is 5.40. The predicted octanol–water partition coefficient (Wildman–Crippen LogP) is 3.51. The molecule has 0 aliphatic rings. The summed E-state index contributed by atoms with van der Waals surface area (Å²) in [6, 6.07) is 15.0. The number of para-hydroxylation sites is 1. The Kier molecular flexibility index (Phi) is 4.98. The molecule has 6 heteroatoms. The first-order chi connectivity index (χ1) is 11.7. The van der Waals surface area contributed by atoms with E-state index in [1.165, 1.54) is 12.1 Å². The van der Waals surface area contributed by atoms with Crippen molar-refractivity contribution in [2.45, 2.75) is 13.2 Å². The number of anilines is 1. The number of halogens is 1. The van der Waals surface area contributed by atoms with Gasteiger partial charge >= 0.3 is 0 Å². The van der Waals surface area contributed by atoms with Gasteiger partial charge in [0.15, 0.2) is 0 Å². The summed E-state index contributed by atoms with van der Waals surface area (Å²) in [5.74, 6) is 1.34. The molecule has 1 aromatic heterocycles. The number of aliphatic hydroxyl groups excluding tert-OH is 1. The minimum absolute atomic E-state index is 0.137. The molecule has 5 nitrogen and oxygen atoms in total. The van der Waals surface area contributed by atoms with Crippen molar-refractivity contribution in [1.29, 1.82) is 0 Å². The lowest BCUT2D eigenvalue weighted by atomic mass is 10.2. The topological polar surface area (TPSA) is 67.3 Å². The van der Waals surface area contributed by atoms with Gasteiger partial charge in [-0.1, -0.05) is 18.2 Å². The molecule has 122 valence electrons. The summed E-state index contributed by atoms with van der Waals surface area (Å²) in [4.78, 5) is 8.28. The summed E-state index contributed by atoms with van der Waals surface area (Å²) in [6.07, 6.45) is 1.59. The maximum absolute atomic E-state index is 13.0. The van der Waals surface area contributed by atoms with E-state index in [2.05, 4.69) is 15.3 Å². The number of nitrogens with one attached hydrogen (secondary N) is 1. The van der Waals surface area contributed by atoms with Gasteiger partial charge in [0.2, 0.25) is 5.95 Å². The van der Waals surface area contributed by atoms with E-state index in [1.54, 1.807) is 24.4 Å². The Hall–Kier alpha value is -2.99. The minimum Gasteiger partial charge on any atom is -0.457 e. The highest BCUT2D eigenvalue weighted by Gasteiger charge is 2.06. The van der Waals surface area contributed by atoms with Crippen molar-refractivity contribution in [3.8, 4) is 11.5 Å². The van der Waals surface area contributed by atoms with Crippen LogP contribution < -0.4 is 10.1 Å². The Morgan fingerprint density at radius 2 is 1.83 bits per heavy atom. The third kappa shape index (κ3) is 4.05. The van der Waals surface area contributed by atoms with E-state index in [1.807, 2.05) is 24.3 Å². The molecule has 0 aliphatic carbocycles.